The Kier molecular flexibility index (Phi) is 5.71. The Morgan fingerprint density at radius 3 is 2.84 bits per heavy atom. The summed E-state index contributed by atoms with van der Waals surface area (Å²) in [7, 11) is 0. The van der Waals surface area contributed by atoms with Crippen molar-refractivity contribution < 1.29 is 9.59 Å². The van der Waals surface area contributed by atoms with Crippen LogP contribution in [0.15, 0.2) is 24.3 Å². The predicted molar refractivity (Wildman–Crippen MR) is 96.8 cm³/mol. The standard InChI is InChI=1S/C19H28N4O2/c1-13-6-2-3-7-14(13)11-21-15-10-17-18(24)22-16(8-4-5-9-20)19(25)23(17)12-15/h2-3,6-7,15-17,21H,4-5,8-12,20H2,1H3,(H,22,24)/t15-,16-,17-/m0/s1. The van der Waals surface area contributed by atoms with E-state index in [1.165, 1.54) is 11.1 Å². The van der Waals surface area contributed by atoms with Crippen LogP contribution in [0, 0.1) is 6.92 Å². The van der Waals surface area contributed by atoms with Crippen LogP contribution in [0.25, 0.3) is 0 Å². The number of amides is 2. The summed E-state index contributed by atoms with van der Waals surface area (Å²) in [6.07, 6.45) is 3.09. The van der Waals surface area contributed by atoms with Gasteiger partial charge in [-0.25, -0.2) is 0 Å². The lowest BCUT2D eigenvalue weighted by atomic mass is 10.0. The first-order chi connectivity index (χ1) is 12.1. The third kappa shape index (κ3) is 4.02. The number of nitrogens with one attached hydrogen (secondary N) is 2. The molecule has 0 aliphatic carbocycles. The van der Waals surface area contributed by atoms with Crippen LogP contribution in [0.2, 0.25) is 0 Å². The summed E-state index contributed by atoms with van der Waals surface area (Å²) in [5.74, 6) is 0.0411. The molecule has 25 heavy (non-hydrogen) atoms. The van der Waals surface area contributed by atoms with Crippen LogP contribution in [0.5, 0.6) is 0 Å². The first-order valence-electron chi connectivity index (χ1n) is 9.19. The second-order valence-electron chi connectivity index (χ2n) is 7.09. The highest BCUT2D eigenvalue weighted by atomic mass is 16.2. The van der Waals surface area contributed by atoms with Crippen molar-refractivity contribution in [2.45, 2.75) is 57.3 Å². The molecule has 6 heteroatoms. The van der Waals surface area contributed by atoms with Gasteiger partial charge in [0, 0.05) is 19.1 Å². The summed E-state index contributed by atoms with van der Waals surface area (Å²) in [5.41, 5.74) is 8.01. The van der Waals surface area contributed by atoms with E-state index in [4.69, 9.17) is 5.73 Å². The molecule has 3 atom stereocenters. The minimum atomic E-state index is -0.384. The number of aryl methyl sites for hydroxylation is 1. The average Bonchev–Trinajstić information content (AvgIpc) is 3.04. The van der Waals surface area contributed by atoms with E-state index in [0.29, 0.717) is 25.9 Å². The number of hydrogen-bond acceptors (Lipinski definition) is 4. The van der Waals surface area contributed by atoms with Crippen LogP contribution < -0.4 is 16.4 Å². The maximum absolute atomic E-state index is 12.7. The predicted octanol–water partition coefficient (Wildman–Crippen LogP) is 0.682. The first-order valence-corrected chi connectivity index (χ1v) is 9.19. The number of nitrogens with two attached hydrogens (primary N) is 1. The molecule has 2 heterocycles. The Labute approximate surface area is 149 Å². The second-order valence-corrected chi connectivity index (χ2v) is 7.09. The van der Waals surface area contributed by atoms with Crippen molar-refractivity contribution in [3.8, 4) is 0 Å². The van der Waals surface area contributed by atoms with Gasteiger partial charge in [0.2, 0.25) is 11.8 Å². The average molecular weight is 344 g/mol. The quantitative estimate of drug-likeness (QED) is 0.635. The minimum Gasteiger partial charge on any atom is -0.343 e. The van der Waals surface area contributed by atoms with E-state index < -0.39 is 0 Å². The Hall–Kier alpha value is -1.92. The van der Waals surface area contributed by atoms with Gasteiger partial charge in [-0.2, -0.15) is 0 Å². The fourth-order valence-corrected chi connectivity index (χ4v) is 3.76. The monoisotopic (exact) mass is 344 g/mol. The van der Waals surface area contributed by atoms with Gasteiger partial charge in [0.1, 0.15) is 12.1 Å². The molecule has 4 N–H and O–H groups in total. The van der Waals surface area contributed by atoms with Crippen molar-refractivity contribution in [3.05, 3.63) is 35.4 Å². The van der Waals surface area contributed by atoms with Gasteiger partial charge in [0.15, 0.2) is 0 Å². The van der Waals surface area contributed by atoms with Crippen molar-refractivity contribution >= 4 is 11.8 Å². The highest BCUT2D eigenvalue weighted by molar-refractivity contribution is 5.97. The maximum Gasteiger partial charge on any atom is 0.245 e. The topological polar surface area (TPSA) is 87.5 Å². The molecule has 0 spiro atoms. The Bertz CT molecular complexity index is 634. The van der Waals surface area contributed by atoms with Gasteiger partial charge < -0.3 is 21.3 Å². The second kappa shape index (κ2) is 7.97. The number of nitrogens with zero attached hydrogens (tertiary/aromatic N) is 1. The Balaban J connectivity index is 1.57. The van der Waals surface area contributed by atoms with E-state index in [1.54, 1.807) is 4.90 Å². The zero-order valence-corrected chi connectivity index (χ0v) is 14.8. The molecule has 1 aromatic rings. The summed E-state index contributed by atoms with van der Waals surface area (Å²) >= 11 is 0. The molecular formula is C19H28N4O2. The van der Waals surface area contributed by atoms with Gasteiger partial charge >= 0.3 is 0 Å². The normalized spacial score (nSPS) is 25.8. The van der Waals surface area contributed by atoms with Crippen LogP contribution in [-0.2, 0) is 16.1 Å². The van der Waals surface area contributed by atoms with Gasteiger partial charge in [0.05, 0.1) is 0 Å². The van der Waals surface area contributed by atoms with Gasteiger partial charge in [0.25, 0.3) is 0 Å². The molecule has 0 bridgehead atoms. The van der Waals surface area contributed by atoms with E-state index in [-0.39, 0.29) is 29.9 Å². The van der Waals surface area contributed by atoms with Crippen LogP contribution in [0.3, 0.4) is 0 Å². The molecule has 2 amide bonds. The van der Waals surface area contributed by atoms with Crippen molar-refractivity contribution in [1.29, 1.82) is 0 Å². The van der Waals surface area contributed by atoms with Gasteiger partial charge in [-0.1, -0.05) is 24.3 Å². The van der Waals surface area contributed by atoms with Crippen LogP contribution in [0.4, 0.5) is 0 Å². The van der Waals surface area contributed by atoms with E-state index in [1.807, 2.05) is 12.1 Å². The van der Waals surface area contributed by atoms with Crippen LogP contribution in [-0.4, -0.2) is 47.9 Å². The molecule has 0 saturated carbocycles. The first kappa shape index (κ1) is 17.9. The lowest BCUT2D eigenvalue weighted by molar-refractivity contribution is -0.147. The Morgan fingerprint density at radius 2 is 2.08 bits per heavy atom. The zero-order chi connectivity index (χ0) is 17.8. The SMILES string of the molecule is Cc1ccccc1CN[C@H]1C[C@H]2C(=O)N[C@@H](CCCCN)C(=O)N2C1. The smallest absolute Gasteiger partial charge is 0.245 e. The number of carbonyl (C=O) groups is 2. The number of unbranched alkanes of at least 4 members (excludes halogenated alkanes) is 1. The minimum absolute atomic E-state index is 0.0162. The van der Waals surface area contributed by atoms with E-state index in [0.717, 1.165) is 19.4 Å². The summed E-state index contributed by atoms with van der Waals surface area (Å²) in [5, 5.41) is 6.41. The molecule has 2 fully saturated rings. The third-order valence-electron chi connectivity index (χ3n) is 5.29. The fourth-order valence-electron chi connectivity index (χ4n) is 3.76. The number of rotatable bonds is 7. The Morgan fingerprint density at radius 1 is 1.28 bits per heavy atom. The highest BCUT2D eigenvalue weighted by Crippen LogP contribution is 2.24. The molecule has 2 saturated heterocycles. The molecule has 0 unspecified atom stereocenters. The summed E-state index contributed by atoms with van der Waals surface area (Å²) in [4.78, 5) is 26.8. The number of carbonyl (C=O) groups excluding carboxylic acids is 2. The zero-order valence-electron chi connectivity index (χ0n) is 14.8. The number of hydrogen-bond donors (Lipinski definition) is 3. The van der Waals surface area contributed by atoms with Crippen molar-refractivity contribution in [3.63, 3.8) is 0 Å². The molecule has 0 radical (unpaired) electrons. The largest absolute Gasteiger partial charge is 0.343 e. The molecule has 6 nitrogen and oxygen atoms in total. The lowest BCUT2D eigenvalue weighted by Crippen LogP contribution is -2.61. The van der Waals surface area contributed by atoms with Crippen molar-refractivity contribution in [2.24, 2.45) is 5.73 Å². The fraction of sp³-hybridized carbons (Fsp3) is 0.579. The van der Waals surface area contributed by atoms with Crippen LogP contribution in [0.1, 0.15) is 36.8 Å². The van der Waals surface area contributed by atoms with Crippen LogP contribution >= 0.6 is 0 Å². The summed E-state index contributed by atoms with van der Waals surface area (Å²) in [6, 6.07) is 7.71. The molecule has 1 aromatic carbocycles. The number of piperazine rings is 1. The van der Waals surface area contributed by atoms with Gasteiger partial charge in [-0.15, -0.1) is 0 Å². The van der Waals surface area contributed by atoms with Gasteiger partial charge in [-0.05, 0) is 50.3 Å². The third-order valence-corrected chi connectivity index (χ3v) is 5.29. The summed E-state index contributed by atoms with van der Waals surface area (Å²) in [6.45, 7) is 4.08. The highest BCUT2D eigenvalue weighted by Gasteiger charge is 2.45. The van der Waals surface area contributed by atoms with E-state index >= 15 is 0 Å². The molecular weight excluding hydrogens is 316 g/mol. The van der Waals surface area contributed by atoms with Gasteiger partial charge in [-0.3, -0.25) is 9.59 Å². The molecule has 2 aliphatic heterocycles. The molecule has 2 aliphatic rings. The van der Waals surface area contributed by atoms with E-state index in [2.05, 4.69) is 29.7 Å². The summed E-state index contributed by atoms with van der Waals surface area (Å²) < 4.78 is 0. The molecule has 3 rings (SSSR count). The number of benzene rings is 1. The lowest BCUT2D eigenvalue weighted by Gasteiger charge is -2.34. The maximum atomic E-state index is 12.7. The number of fused-ring (bicyclic) bond motifs is 1. The van der Waals surface area contributed by atoms with Crippen molar-refractivity contribution in [1.82, 2.24) is 15.5 Å². The van der Waals surface area contributed by atoms with E-state index in [9.17, 15) is 9.59 Å². The van der Waals surface area contributed by atoms with Crippen molar-refractivity contribution in [2.75, 3.05) is 13.1 Å². The molecule has 0 aromatic heterocycles. The molecule has 136 valence electrons.